The first-order valence-corrected chi connectivity index (χ1v) is 13.6. The Morgan fingerprint density at radius 3 is 2.47 bits per heavy atom. The quantitative estimate of drug-likeness (QED) is 0.407. The summed E-state index contributed by atoms with van der Waals surface area (Å²) in [7, 11) is 6.29. The highest BCUT2D eigenvalue weighted by atomic mass is 16.1. The van der Waals surface area contributed by atoms with Gasteiger partial charge >= 0.3 is 0 Å². The minimum absolute atomic E-state index is 0.165. The van der Waals surface area contributed by atoms with Gasteiger partial charge in [0, 0.05) is 66.1 Å². The first-order chi connectivity index (χ1) is 18.0. The van der Waals surface area contributed by atoms with Gasteiger partial charge in [0.15, 0.2) is 0 Å². The van der Waals surface area contributed by atoms with Gasteiger partial charge < -0.3 is 25.1 Å². The van der Waals surface area contributed by atoms with Gasteiger partial charge in [-0.3, -0.25) is 9.59 Å². The molecule has 0 radical (unpaired) electrons. The predicted molar refractivity (Wildman–Crippen MR) is 154 cm³/mol. The third-order valence-corrected chi connectivity index (χ3v) is 8.21. The van der Waals surface area contributed by atoms with Crippen molar-refractivity contribution in [3.05, 3.63) is 68.9 Å². The summed E-state index contributed by atoms with van der Waals surface area (Å²) in [6, 6.07) is 6.86. The summed E-state index contributed by atoms with van der Waals surface area (Å²) < 4.78 is 1.96. The predicted octanol–water partition coefficient (Wildman–Crippen LogP) is 4.55. The van der Waals surface area contributed by atoms with Crippen molar-refractivity contribution in [1.82, 2.24) is 24.8 Å². The summed E-state index contributed by atoms with van der Waals surface area (Å²) in [6.07, 6.45) is 8.46. The molecule has 1 unspecified atom stereocenters. The lowest BCUT2D eigenvalue weighted by Crippen LogP contribution is -2.36. The number of aryl methyl sites for hydroxylation is 3. The van der Waals surface area contributed by atoms with Crippen LogP contribution < -0.4 is 16.2 Å². The van der Waals surface area contributed by atoms with Crippen LogP contribution in [0.3, 0.4) is 0 Å². The lowest BCUT2D eigenvalue weighted by molar-refractivity contribution is 0.0950. The Hall–Kier alpha value is -3.39. The average molecular weight is 519 g/mol. The molecule has 1 aliphatic carbocycles. The van der Waals surface area contributed by atoms with Gasteiger partial charge in [-0.15, -0.1) is 0 Å². The van der Waals surface area contributed by atoms with Gasteiger partial charge in [-0.25, -0.2) is 4.98 Å². The van der Waals surface area contributed by atoms with Crippen LogP contribution in [-0.4, -0.2) is 51.5 Å². The maximum Gasteiger partial charge on any atom is 0.253 e. The van der Waals surface area contributed by atoms with E-state index in [0.717, 1.165) is 33.9 Å². The zero-order valence-corrected chi connectivity index (χ0v) is 23.8. The number of amides is 1. The maximum atomic E-state index is 13.5. The van der Waals surface area contributed by atoms with E-state index >= 15 is 0 Å². The summed E-state index contributed by atoms with van der Waals surface area (Å²) in [6.45, 7) is 8.15. The Labute approximate surface area is 225 Å². The van der Waals surface area contributed by atoms with E-state index in [1.54, 1.807) is 6.20 Å². The van der Waals surface area contributed by atoms with Crippen molar-refractivity contribution < 1.29 is 4.79 Å². The van der Waals surface area contributed by atoms with E-state index in [2.05, 4.69) is 52.6 Å². The van der Waals surface area contributed by atoms with Gasteiger partial charge in [-0.1, -0.05) is 0 Å². The second-order valence-corrected chi connectivity index (χ2v) is 11.1. The number of benzene rings is 1. The molecule has 38 heavy (non-hydrogen) atoms. The van der Waals surface area contributed by atoms with E-state index in [4.69, 9.17) is 0 Å². The van der Waals surface area contributed by atoms with Gasteiger partial charge in [-0.05, 0) is 103 Å². The molecule has 0 bridgehead atoms. The average Bonchev–Trinajstić information content (AvgIpc) is 3.30. The highest BCUT2D eigenvalue weighted by Crippen LogP contribution is 2.33. The Kier molecular flexibility index (Phi) is 8.41. The largest absolute Gasteiger partial charge is 0.382 e. The number of aromatic amines is 1. The van der Waals surface area contributed by atoms with Crippen molar-refractivity contribution in [3.63, 3.8) is 0 Å². The highest BCUT2D eigenvalue weighted by Gasteiger charge is 2.27. The molecule has 1 aromatic carbocycles. The molecule has 1 fully saturated rings. The molecule has 204 valence electrons. The fourth-order valence-electron chi connectivity index (χ4n) is 5.72. The second kappa shape index (κ2) is 11.6. The molecule has 4 rings (SSSR count). The standard InChI is InChI=1S/C30H42N6O2/c1-18-14-19(2)33-30(38)26(18)17-32-29(37)25-15-23(28-31-12-13-36(28)7)16-27(20(25)3)34-21(4)22-8-10-24(11-9-22)35(5)6/h12-16,21-22,24,34H,8-11,17H2,1-7H3,(H,32,37)(H,33,38). The topological polar surface area (TPSA) is 95.1 Å². The number of aromatic nitrogens is 3. The number of H-pyrrole nitrogens is 1. The number of rotatable bonds is 8. The summed E-state index contributed by atoms with van der Waals surface area (Å²) >= 11 is 0. The summed E-state index contributed by atoms with van der Waals surface area (Å²) in [5.74, 6) is 1.17. The van der Waals surface area contributed by atoms with E-state index in [1.807, 2.05) is 50.7 Å². The van der Waals surface area contributed by atoms with Gasteiger partial charge in [-0.2, -0.15) is 0 Å². The first-order valence-electron chi connectivity index (χ1n) is 13.6. The van der Waals surface area contributed by atoms with E-state index in [1.165, 1.54) is 25.7 Å². The third kappa shape index (κ3) is 6.01. The molecule has 1 saturated carbocycles. The fourth-order valence-corrected chi connectivity index (χ4v) is 5.72. The molecule has 1 amide bonds. The summed E-state index contributed by atoms with van der Waals surface area (Å²) in [5, 5.41) is 6.74. The minimum Gasteiger partial charge on any atom is -0.382 e. The number of imidazole rings is 1. The number of hydrogen-bond acceptors (Lipinski definition) is 5. The number of hydrogen-bond donors (Lipinski definition) is 3. The molecule has 1 atom stereocenters. The number of carbonyl (C=O) groups is 1. The van der Waals surface area contributed by atoms with Crippen LogP contribution in [0.15, 0.2) is 35.4 Å². The maximum absolute atomic E-state index is 13.5. The molecule has 3 aromatic rings. The SMILES string of the molecule is Cc1cc(C)c(CNC(=O)c2cc(-c3nccn3C)cc(NC(C)C3CCC(N(C)C)CC3)c2C)c(=O)[nH]1. The zero-order chi connectivity index (χ0) is 27.6. The third-order valence-electron chi connectivity index (χ3n) is 8.21. The number of carbonyl (C=O) groups excluding carboxylic acids is 1. The molecule has 8 nitrogen and oxygen atoms in total. The monoisotopic (exact) mass is 518 g/mol. The van der Waals surface area contributed by atoms with E-state index in [-0.39, 0.29) is 24.1 Å². The molecule has 0 spiro atoms. The van der Waals surface area contributed by atoms with Gasteiger partial charge in [0.05, 0.1) is 0 Å². The highest BCUT2D eigenvalue weighted by molar-refractivity contribution is 5.98. The summed E-state index contributed by atoms with van der Waals surface area (Å²) in [5.41, 5.74) is 5.38. The van der Waals surface area contributed by atoms with Crippen LogP contribution in [0.4, 0.5) is 5.69 Å². The van der Waals surface area contributed by atoms with Crippen molar-refractivity contribution in [2.75, 3.05) is 19.4 Å². The van der Waals surface area contributed by atoms with Gasteiger partial charge in [0.25, 0.3) is 11.5 Å². The van der Waals surface area contributed by atoms with E-state index in [0.29, 0.717) is 23.1 Å². The lowest BCUT2D eigenvalue weighted by atomic mass is 9.81. The Bertz CT molecular complexity index is 1350. The van der Waals surface area contributed by atoms with Crippen LogP contribution in [0, 0.1) is 26.7 Å². The Morgan fingerprint density at radius 2 is 1.87 bits per heavy atom. The lowest BCUT2D eigenvalue weighted by Gasteiger charge is -2.36. The van der Waals surface area contributed by atoms with Crippen LogP contribution in [-0.2, 0) is 13.6 Å². The van der Waals surface area contributed by atoms with Crippen LogP contribution >= 0.6 is 0 Å². The molecule has 0 aliphatic heterocycles. The number of nitrogens with zero attached hydrogens (tertiary/aromatic N) is 3. The molecule has 3 N–H and O–H groups in total. The number of pyridine rings is 1. The Balaban J connectivity index is 1.60. The molecule has 2 aromatic heterocycles. The second-order valence-electron chi connectivity index (χ2n) is 11.1. The van der Waals surface area contributed by atoms with Gasteiger partial charge in [0.1, 0.15) is 5.82 Å². The van der Waals surface area contributed by atoms with Crippen molar-refractivity contribution in [2.45, 2.75) is 72.0 Å². The van der Waals surface area contributed by atoms with Crippen molar-refractivity contribution in [3.8, 4) is 11.4 Å². The fraction of sp³-hybridized carbons (Fsp3) is 0.500. The number of nitrogens with one attached hydrogen (secondary N) is 3. The van der Waals surface area contributed by atoms with Crippen LogP contribution in [0.1, 0.15) is 65.3 Å². The van der Waals surface area contributed by atoms with Gasteiger partial charge in [0.2, 0.25) is 0 Å². The van der Waals surface area contributed by atoms with Crippen LogP contribution in [0.2, 0.25) is 0 Å². The van der Waals surface area contributed by atoms with Crippen molar-refractivity contribution in [1.29, 1.82) is 0 Å². The van der Waals surface area contributed by atoms with E-state index in [9.17, 15) is 9.59 Å². The molecule has 8 heteroatoms. The van der Waals surface area contributed by atoms with Crippen LogP contribution in [0.5, 0.6) is 0 Å². The van der Waals surface area contributed by atoms with Crippen molar-refractivity contribution in [2.24, 2.45) is 13.0 Å². The Morgan fingerprint density at radius 1 is 1.16 bits per heavy atom. The molecular formula is C30H42N6O2. The smallest absolute Gasteiger partial charge is 0.253 e. The summed E-state index contributed by atoms with van der Waals surface area (Å²) in [4.78, 5) is 35.7. The van der Waals surface area contributed by atoms with E-state index < -0.39 is 0 Å². The minimum atomic E-state index is -0.208. The first kappa shape index (κ1) is 27.6. The molecular weight excluding hydrogens is 476 g/mol. The molecule has 2 heterocycles. The zero-order valence-electron chi connectivity index (χ0n) is 23.8. The normalized spacial score (nSPS) is 18.4. The van der Waals surface area contributed by atoms with Crippen LogP contribution in [0.25, 0.3) is 11.4 Å². The molecule has 0 saturated heterocycles. The molecule has 1 aliphatic rings. The van der Waals surface area contributed by atoms with Crippen molar-refractivity contribution >= 4 is 11.6 Å². The number of anilines is 1.